The van der Waals surface area contributed by atoms with Gasteiger partial charge in [0.2, 0.25) is 11.0 Å². The first kappa shape index (κ1) is 18.3. The van der Waals surface area contributed by atoms with Gasteiger partial charge in [-0.25, -0.2) is 0 Å². The summed E-state index contributed by atoms with van der Waals surface area (Å²) in [5, 5.41) is 22.9. The van der Waals surface area contributed by atoms with Gasteiger partial charge < -0.3 is 0 Å². The van der Waals surface area contributed by atoms with Crippen molar-refractivity contribution in [2.24, 2.45) is 0 Å². The topological polar surface area (TPSA) is 98.0 Å². The van der Waals surface area contributed by atoms with Crippen LogP contribution in [0.5, 0.6) is 0 Å². The Balaban J connectivity index is 1.61. The van der Waals surface area contributed by atoms with Crippen LogP contribution in [-0.4, -0.2) is 26.8 Å². The number of nitro benzene ring substituents is 1. The lowest BCUT2D eigenvalue weighted by molar-refractivity contribution is -0.384. The van der Waals surface area contributed by atoms with Crippen molar-refractivity contribution in [3.05, 3.63) is 63.7 Å². The summed E-state index contributed by atoms with van der Waals surface area (Å²) in [6.45, 7) is 0. The van der Waals surface area contributed by atoms with Gasteiger partial charge in [-0.1, -0.05) is 35.1 Å². The number of nitro groups is 1. The quantitative estimate of drug-likeness (QED) is 0.367. The zero-order valence-corrected chi connectivity index (χ0v) is 15.5. The van der Waals surface area contributed by atoms with Crippen LogP contribution in [-0.2, 0) is 4.79 Å². The molecule has 1 amide bonds. The highest BCUT2D eigenvalue weighted by molar-refractivity contribution is 8.00. The van der Waals surface area contributed by atoms with Crippen molar-refractivity contribution in [3.8, 4) is 10.6 Å². The van der Waals surface area contributed by atoms with E-state index in [9.17, 15) is 14.9 Å². The number of carbonyl (C=O) groups is 1. The monoisotopic (exact) mass is 406 g/mol. The first-order valence-corrected chi connectivity index (χ1v) is 9.46. The van der Waals surface area contributed by atoms with Crippen molar-refractivity contribution in [1.82, 2.24) is 10.2 Å². The molecule has 0 radical (unpaired) electrons. The molecule has 0 saturated heterocycles. The second-order valence-electron chi connectivity index (χ2n) is 5.01. The van der Waals surface area contributed by atoms with Gasteiger partial charge in [-0.2, -0.15) is 0 Å². The van der Waals surface area contributed by atoms with Crippen LogP contribution in [0.15, 0.2) is 53.4 Å². The van der Waals surface area contributed by atoms with E-state index in [1.54, 1.807) is 24.3 Å². The van der Waals surface area contributed by atoms with Crippen molar-refractivity contribution in [3.63, 3.8) is 0 Å². The fourth-order valence-electron chi connectivity index (χ4n) is 1.98. The van der Waals surface area contributed by atoms with Crippen molar-refractivity contribution < 1.29 is 9.72 Å². The molecule has 0 aliphatic carbocycles. The molecule has 3 rings (SSSR count). The highest BCUT2D eigenvalue weighted by Crippen LogP contribution is 2.29. The predicted octanol–water partition coefficient (Wildman–Crippen LogP) is 4.50. The maximum Gasteiger partial charge on any atom is 0.270 e. The third kappa shape index (κ3) is 4.78. The van der Waals surface area contributed by atoms with Crippen molar-refractivity contribution in [2.75, 3.05) is 11.1 Å². The van der Waals surface area contributed by atoms with E-state index in [4.69, 9.17) is 11.6 Å². The fraction of sp³-hybridized carbons (Fsp3) is 0.0625. The number of nitrogens with one attached hydrogen (secondary N) is 1. The van der Waals surface area contributed by atoms with Gasteiger partial charge in [-0.05, 0) is 24.3 Å². The number of hydrogen-bond acceptors (Lipinski definition) is 7. The molecule has 0 spiro atoms. The zero-order chi connectivity index (χ0) is 18.5. The highest BCUT2D eigenvalue weighted by Gasteiger charge is 2.13. The number of rotatable bonds is 6. The van der Waals surface area contributed by atoms with Crippen LogP contribution in [0.4, 0.5) is 10.8 Å². The molecule has 0 aliphatic heterocycles. The second kappa shape index (κ2) is 8.26. The van der Waals surface area contributed by atoms with Gasteiger partial charge in [0.15, 0.2) is 0 Å². The Kier molecular flexibility index (Phi) is 5.82. The molecule has 2 aromatic carbocycles. The molecule has 0 unspecified atom stereocenters. The number of aromatic nitrogens is 2. The summed E-state index contributed by atoms with van der Waals surface area (Å²) in [5.41, 5.74) is 0.551. The summed E-state index contributed by atoms with van der Waals surface area (Å²) in [5.74, 6) is -0.000396. The lowest BCUT2D eigenvalue weighted by Crippen LogP contribution is -2.13. The van der Waals surface area contributed by atoms with Crippen LogP contribution in [0.25, 0.3) is 10.6 Å². The molecule has 0 bridgehead atoms. The molecule has 3 aromatic rings. The van der Waals surface area contributed by atoms with Crippen LogP contribution in [0.2, 0.25) is 5.02 Å². The maximum absolute atomic E-state index is 12.0. The Morgan fingerprint density at radius 3 is 2.73 bits per heavy atom. The van der Waals surface area contributed by atoms with Gasteiger partial charge in [0.1, 0.15) is 5.01 Å². The first-order chi connectivity index (χ1) is 12.5. The van der Waals surface area contributed by atoms with Crippen molar-refractivity contribution >= 4 is 51.4 Å². The SMILES string of the molecule is O=C(CSc1ccc(Cl)cc1)Nc1nnc(-c2cccc([N+](=O)[O-])c2)s1. The van der Waals surface area contributed by atoms with Crippen LogP contribution in [0.3, 0.4) is 0 Å². The molecule has 0 aliphatic rings. The Morgan fingerprint density at radius 1 is 1.23 bits per heavy atom. The first-order valence-electron chi connectivity index (χ1n) is 7.28. The smallest absolute Gasteiger partial charge is 0.270 e. The minimum absolute atomic E-state index is 0.0253. The van der Waals surface area contributed by atoms with Gasteiger partial charge in [0, 0.05) is 27.6 Å². The number of carbonyl (C=O) groups excluding carboxylic acids is 1. The molecule has 7 nitrogen and oxygen atoms in total. The van der Waals surface area contributed by atoms with E-state index in [2.05, 4.69) is 15.5 Å². The lowest BCUT2D eigenvalue weighted by atomic mass is 10.2. The molecule has 0 atom stereocenters. The molecule has 132 valence electrons. The summed E-state index contributed by atoms with van der Waals surface area (Å²) in [6, 6.07) is 13.3. The minimum Gasteiger partial charge on any atom is -0.300 e. The van der Waals surface area contributed by atoms with Gasteiger partial charge in [0.25, 0.3) is 5.69 Å². The van der Waals surface area contributed by atoms with Crippen LogP contribution in [0.1, 0.15) is 0 Å². The van der Waals surface area contributed by atoms with Crippen molar-refractivity contribution in [1.29, 1.82) is 0 Å². The summed E-state index contributed by atoms with van der Waals surface area (Å²) in [7, 11) is 0. The number of non-ortho nitro benzene ring substituents is 1. The summed E-state index contributed by atoms with van der Waals surface area (Å²) in [4.78, 5) is 23.3. The minimum atomic E-state index is -0.471. The fourth-order valence-corrected chi connectivity index (χ4v) is 3.56. The molecule has 1 N–H and O–H groups in total. The van der Waals surface area contributed by atoms with Crippen LogP contribution in [0, 0.1) is 10.1 Å². The number of nitrogens with zero attached hydrogens (tertiary/aromatic N) is 3. The number of amides is 1. The number of thioether (sulfide) groups is 1. The van der Waals surface area contributed by atoms with E-state index in [0.29, 0.717) is 20.7 Å². The standard InChI is InChI=1S/C16H11ClN4O3S2/c17-11-4-6-13(7-5-11)25-9-14(22)18-16-20-19-15(26-16)10-2-1-3-12(8-10)21(23)24/h1-8H,9H2,(H,18,20,22). The van der Waals surface area contributed by atoms with Crippen LogP contribution < -0.4 is 5.32 Å². The van der Waals surface area contributed by atoms with Crippen LogP contribution >= 0.6 is 34.7 Å². The highest BCUT2D eigenvalue weighted by atomic mass is 35.5. The van der Waals surface area contributed by atoms with Gasteiger partial charge in [-0.15, -0.1) is 22.0 Å². The number of hydrogen-bond donors (Lipinski definition) is 1. The average molecular weight is 407 g/mol. The molecular weight excluding hydrogens is 396 g/mol. The summed E-state index contributed by atoms with van der Waals surface area (Å²) < 4.78 is 0. The third-order valence-corrected chi connectivity index (χ3v) is 5.31. The molecular formula is C16H11ClN4O3S2. The summed E-state index contributed by atoms with van der Waals surface area (Å²) in [6.07, 6.45) is 0. The number of halogens is 1. The normalized spacial score (nSPS) is 10.5. The van der Waals surface area contributed by atoms with E-state index in [1.165, 1.54) is 23.9 Å². The second-order valence-corrected chi connectivity index (χ2v) is 7.47. The Morgan fingerprint density at radius 2 is 2.00 bits per heavy atom. The molecule has 0 saturated carbocycles. The van der Waals surface area contributed by atoms with Crippen molar-refractivity contribution in [2.45, 2.75) is 4.90 Å². The third-order valence-electron chi connectivity index (χ3n) is 3.16. The van der Waals surface area contributed by atoms with E-state index in [-0.39, 0.29) is 17.3 Å². The molecule has 10 heteroatoms. The lowest BCUT2D eigenvalue weighted by Gasteiger charge is -2.01. The summed E-state index contributed by atoms with van der Waals surface area (Å²) >= 11 is 8.35. The largest absolute Gasteiger partial charge is 0.300 e. The Hall–Kier alpha value is -2.49. The molecule has 1 heterocycles. The Labute approximate surface area is 161 Å². The zero-order valence-electron chi connectivity index (χ0n) is 13.1. The average Bonchev–Trinajstić information content (AvgIpc) is 3.10. The van der Waals surface area contributed by atoms with E-state index in [0.717, 1.165) is 16.2 Å². The maximum atomic E-state index is 12.0. The molecule has 0 fully saturated rings. The molecule has 26 heavy (non-hydrogen) atoms. The van der Waals surface area contributed by atoms with E-state index < -0.39 is 4.92 Å². The number of anilines is 1. The van der Waals surface area contributed by atoms with Gasteiger partial charge in [0.05, 0.1) is 10.7 Å². The van der Waals surface area contributed by atoms with Gasteiger partial charge >= 0.3 is 0 Å². The molecule has 1 aromatic heterocycles. The van der Waals surface area contributed by atoms with E-state index >= 15 is 0 Å². The predicted molar refractivity (Wildman–Crippen MR) is 103 cm³/mol. The number of benzene rings is 2. The Bertz CT molecular complexity index is 947. The van der Waals surface area contributed by atoms with Gasteiger partial charge in [-0.3, -0.25) is 20.2 Å². The van der Waals surface area contributed by atoms with E-state index in [1.807, 2.05) is 12.1 Å².